The summed E-state index contributed by atoms with van der Waals surface area (Å²) in [6, 6.07) is 4.45. The van der Waals surface area contributed by atoms with Crippen LogP contribution >= 0.6 is 22.9 Å². The Kier molecular flexibility index (Phi) is 3.03. The highest BCUT2D eigenvalue weighted by molar-refractivity contribution is 7.09. The van der Waals surface area contributed by atoms with Gasteiger partial charge in [0.15, 0.2) is 0 Å². The number of benzene rings is 1. The predicted octanol–water partition coefficient (Wildman–Crippen LogP) is 3.83. The molecule has 0 bridgehead atoms. The summed E-state index contributed by atoms with van der Waals surface area (Å²) >= 11 is 7.52. The zero-order valence-electron chi connectivity index (χ0n) is 8.13. The standard InChI is InChI=1S/C11H9ClFNS/c1-7-6-15-11(14-7)4-8-2-3-9(13)5-10(8)12/h2-3,5-6H,4H2,1H3. The first-order valence-electron chi connectivity index (χ1n) is 4.50. The average Bonchev–Trinajstić information content (AvgIpc) is 2.56. The Morgan fingerprint density at radius 2 is 2.27 bits per heavy atom. The van der Waals surface area contributed by atoms with E-state index in [2.05, 4.69) is 4.98 Å². The van der Waals surface area contributed by atoms with Crippen LogP contribution in [0.4, 0.5) is 4.39 Å². The van der Waals surface area contributed by atoms with Crippen molar-refractivity contribution in [2.24, 2.45) is 0 Å². The minimum atomic E-state index is -0.306. The van der Waals surface area contributed by atoms with Gasteiger partial charge in [-0.1, -0.05) is 17.7 Å². The maximum absolute atomic E-state index is 12.8. The van der Waals surface area contributed by atoms with Gasteiger partial charge in [0.25, 0.3) is 0 Å². The Hall–Kier alpha value is -0.930. The lowest BCUT2D eigenvalue weighted by Crippen LogP contribution is -1.89. The van der Waals surface area contributed by atoms with E-state index < -0.39 is 0 Å². The van der Waals surface area contributed by atoms with Crippen molar-refractivity contribution in [1.29, 1.82) is 0 Å². The first-order valence-corrected chi connectivity index (χ1v) is 5.76. The monoisotopic (exact) mass is 241 g/mol. The molecule has 0 aliphatic rings. The van der Waals surface area contributed by atoms with Crippen LogP contribution in [0.3, 0.4) is 0 Å². The minimum absolute atomic E-state index is 0.306. The summed E-state index contributed by atoms with van der Waals surface area (Å²) in [5.41, 5.74) is 1.92. The van der Waals surface area contributed by atoms with Crippen molar-refractivity contribution in [3.05, 3.63) is 50.7 Å². The molecular formula is C11H9ClFNS. The van der Waals surface area contributed by atoms with Gasteiger partial charge in [0.1, 0.15) is 5.82 Å². The van der Waals surface area contributed by atoms with Crippen LogP contribution in [0.15, 0.2) is 23.6 Å². The molecule has 0 saturated carbocycles. The number of rotatable bonds is 2. The minimum Gasteiger partial charge on any atom is -0.246 e. The van der Waals surface area contributed by atoms with Crippen LogP contribution in [-0.2, 0) is 6.42 Å². The molecule has 0 aliphatic heterocycles. The second-order valence-corrected chi connectivity index (χ2v) is 4.64. The molecule has 2 rings (SSSR count). The van der Waals surface area contributed by atoms with Crippen LogP contribution in [0.25, 0.3) is 0 Å². The number of hydrogen-bond donors (Lipinski definition) is 0. The molecule has 0 radical (unpaired) electrons. The molecule has 0 atom stereocenters. The SMILES string of the molecule is Cc1csc(Cc2ccc(F)cc2Cl)n1. The van der Waals surface area contributed by atoms with E-state index in [-0.39, 0.29) is 5.82 Å². The lowest BCUT2D eigenvalue weighted by atomic mass is 10.1. The molecule has 1 aromatic heterocycles. The van der Waals surface area contributed by atoms with Gasteiger partial charge in [-0.2, -0.15) is 0 Å². The molecule has 0 saturated heterocycles. The molecule has 0 fully saturated rings. The van der Waals surface area contributed by atoms with Gasteiger partial charge in [-0.25, -0.2) is 9.37 Å². The van der Waals surface area contributed by atoms with E-state index in [1.165, 1.54) is 12.1 Å². The summed E-state index contributed by atoms with van der Waals surface area (Å²) < 4.78 is 12.8. The van der Waals surface area contributed by atoms with E-state index in [4.69, 9.17) is 11.6 Å². The van der Waals surface area contributed by atoms with Crippen molar-refractivity contribution in [2.45, 2.75) is 13.3 Å². The van der Waals surface area contributed by atoms with Gasteiger partial charge in [0.05, 0.1) is 5.01 Å². The van der Waals surface area contributed by atoms with Crippen LogP contribution in [0, 0.1) is 12.7 Å². The predicted molar refractivity (Wildman–Crippen MR) is 61.1 cm³/mol. The third kappa shape index (κ3) is 2.55. The van der Waals surface area contributed by atoms with Crippen LogP contribution < -0.4 is 0 Å². The number of aromatic nitrogens is 1. The fraction of sp³-hybridized carbons (Fsp3) is 0.182. The molecule has 0 aliphatic carbocycles. The molecule has 1 nitrogen and oxygen atoms in total. The van der Waals surface area contributed by atoms with Gasteiger partial charge in [0.2, 0.25) is 0 Å². The van der Waals surface area contributed by atoms with Crippen LogP contribution in [0.5, 0.6) is 0 Å². The van der Waals surface area contributed by atoms with Crippen LogP contribution in [0.1, 0.15) is 16.3 Å². The zero-order valence-corrected chi connectivity index (χ0v) is 9.70. The first-order chi connectivity index (χ1) is 7.15. The van der Waals surface area contributed by atoms with Crippen molar-refractivity contribution in [1.82, 2.24) is 4.98 Å². The topological polar surface area (TPSA) is 12.9 Å². The van der Waals surface area contributed by atoms with Gasteiger partial charge in [-0.3, -0.25) is 0 Å². The summed E-state index contributed by atoms with van der Waals surface area (Å²) in [5, 5.41) is 3.45. The second-order valence-electron chi connectivity index (χ2n) is 3.30. The zero-order chi connectivity index (χ0) is 10.8. The molecule has 1 aromatic carbocycles. The molecule has 0 amide bonds. The maximum atomic E-state index is 12.8. The molecule has 78 valence electrons. The third-order valence-corrected chi connectivity index (χ3v) is 3.34. The summed E-state index contributed by atoms with van der Waals surface area (Å²) in [5.74, 6) is -0.306. The fourth-order valence-electron chi connectivity index (χ4n) is 1.31. The summed E-state index contributed by atoms with van der Waals surface area (Å²) in [6.45, 7) is 1.95. The molecule has 0 unspecified atom stereocenters. The van der Waals surface area contributed by atoms with E-state index in [1.54, 1.807) is 17.4 Å². The van der Waals surface area contributed by atoms with Gasteiger partial charge >= 0.3 is 0 Å². The normalized spacial score (nSPS) is 10.6. The summed E-state index contributed by atoms with van der Waals surface area (Å²) in [4.78, 5) is 4.34. The molecule has 15 heavy (non-hydrogen) atoms. The van der Waals surface area contributed by atoms with Gasteiger partial charge in [-0.05, 0) is 24.6 Å². The molecule has 1 heterocycles. The fourth-order valence-corrected chi connectivity index (χ4v) is 2.34. The largest absolute Gasteiger partial charge is 0.246 e. The molecule has 0 N–H and O–H groups in total. The Balaban J connectivity index is 2.24. The molecule has 2 aromatic rings. The van der Waals surface area contributed by atoms with Gasteiger partial charge in [-0.15, -0.1) is 11.3 Å². The van der Waals surface area contributed by atoms with Crippen molar-refractivity contribution >= 4 is 22.9 Å². The first kappa shape index (κ1) is 10.6. The lowest BCUT2D eigenvalue weighted by Gasteiger charge is -2.01. The smallest absolute Gasteiger partial charge is 0.124 e. The lowest BCUT2D eigenvalue weighted by molar-refractivity contribution is 0.627. The summed E-state index contributed by atoms with van der Waals surface area (Å²) in [7, 11) is 0. The number of halogens is 2. The highest BCUT2D eigenvalue weighted by atomic mass is 35.5. The van der Waals surface area contributed by atoms with Gasteiger partial charge < -0.3 is 0 Å². The quantitative estimate of drug-likeness (QED) is 0.779. The van der Waals surface area contributed by atoms with Gasteiger partial charge in [0, 0.05) is 22.5 Å². The summed E-state index contributed by atoms with van der Waals surface area (Å²) in [6.07, 6.45) is 0.664. The van der Waals surface area contributed by atoms with E-state index in [1.807, 2.05) is 12.3 Å². The molecule has 0 spiro atoms. The molecule has 4 heteroatoms. The van der Waals surface area contributed by atoms with E-state index in [0.29, 0.717) is 11.4 Å². The number of nitrogens with zero attached hydrogens (tertiary/aromatic N) is 1. The number of aryl methyl sites for hydroxylation is 1. The Labute approximate surface area is 96.5 Å². The maximum Gasteiger partial charge on any atom is 0.124 e. The van der Waals surface area contributed by atoms with Crippen molar-refractivity contribution in [3.63, 3.8) is 0 Å². The average molecular weight is 242 g/mol. The van der Waals surface area contributed by atoms with E-state index in [9.17, 15) is 4.39 Å². The molecular weight excluding hydrogens is 233 g/mol. The Morgan fingerprint density at radius 3 is 2.87 bits per heavy atom. The van der Waals surface area contributed by atoms with Crippen LogP contribution in [-0.4, -0.2) is 4.98 Å². The highest BCUT2D eigenvalue weighted by Gasteiger charge is 2.05. The highest BCUT2D eigenvalue weighted by Crippen LogP contribution is 2.22. The third-order valence-electron chi connectivity index (χ3n) is 2.02. The Morgan fingerprint density at radius 1 is 1.47 bits per heavy atom. The number of thiazole rings is 1. The van der Waals surface area contributed by atoms with Crippen molar-refractivity contribution in [2.75, 3.05) is 0 Å². The van der Waals surface area contributed by atoms with E-state index >= 15 is 0 Å². The Bertz CT molecular complexity index is 481. The van der Waals surface area contributed by atoms with Crippen molar-refractivity contribution < 1.29 is 4.39 Å². The second kappa shape index (κ2) is 4.29. The number of hydrogen-bond acceptors (Lipinski definition) is 2. The van der Waals surface area contributed by atoms with E-state index in [0.717, 1.165) is 16.3 Å². The van der Waals surface area contributed by atoms with Crippen molar-refractivity contribution in [3.8, 4) is 0 Å². The van der Waals surface area contributed by atoms with Crippen LogP contribution in [0.2, 0.25) is 5.02 Å².